The fourth-order valence-electron chi connectivity index (χ4n) is 2.98. The molecule has 0 aliphatic rings. The SMILES string of the molecule is CN(C)[Si](C)(N[Si](C)(N(C)C)N(C)[Si](C)(N(C)C)N(C)C)N(C)C. The fourth-order valence-corrected chi connectivity index (χ4v) is 18.9. The van der Waals surface area contributed by atoms with E-state index in [0.29, 0.717) is 0 Å². The van der Waals surface area contributed by atoms with Crippen molar-refractivity contribution in [2.45, 2.75) is 19.6 Å². The summed E-state index contributed by atoms with van der Waals surface area (Å²) in [5, 5.41) is 0. The molecule has 0 saturated carbocycles. The fraction of sp³-hybridized carbons (Fsp3) is 1.00. The van der Waals surface area contributed by atoms with Gasteiger partial charge in [0.15, 0.2) is 0 Å². The lowest BCUT2D eigenvalue weighted by molar-refractivity contribution is 0.389. The second-order valence-electron chi connectivity index (χ2n) is 8.17. The van der Waals surface area contributed by atoms with Crippen molar-refractivity contribution in [3.8, 4) is 0 Å². The molecule has 0 saturated heterocycles. The average Bonchev–Trinajstić information content (AvgIpc) is 2.43. The maximum atomic E-state index is 4.18. The Balaban J connectivity index is 6.09. The van der Waals surface area contributed by atoms with E-state index >= 15 is 0 Å². The Morgan fingerprint density at radius 1 is 0.458 bits per heavy atom. The first-order valence-electron chi connectivity index (χ1n) is 8.48. The average molecular weight is 394 g/mol. The molecule has 0 aromatic heterocycles. The minimum atomic E-state index is -2.08. The predicted molar refractivity (Wildman–Crippen MR) is 114 cm³/mol. The molecule has 0 radical (unpaired) electrons. The van der Waals surface area contributed by atoms with Crippen molar-refractivity contribution in [3.05, 3.63) is 0 Å². The van der Waals surface area contributed by atoms with Gasteiger partial charge in [0.2, 0.25) is 0 Å². The molecule has 24 heavy (non-hydrogen) atoms. The summed E-state index contributed by atoms with van der Waals surface area (Å²) in [6.45, 7) is 7.25. The van der Waals surface area contributed by atoms with Crippen LogP contribution in [0.15, 0.2) is 0 Å². The van der Waals surface area contributed by atoms with Gasteiger partial charge in [-0.3, -0.25) is 4.23 Å². The molecule has 1 unspecified atom stereocenters. The molecule has 0 aromatic carbocycles. The van der Waals surface area contributed by atoms with Crippen LogP contribution in [0.4, 0.5) is 0 Å². The van der Waals surface area contributed by atoms with Crippen LogP contribution in [0, 0.1) is 0 Å². The van der Waals surface area contributed by atoms with E-state index in [1.807, 2.05) is 0 Å². The lowest BCUT2D eigenvalue weighted by atomic mass is 11.2. The number of rotatable bonds is 9. The van der Waals surface area contributed by atoms with Crippen LogP contribution in [0.2, 0.25) is 19.6 Å². The van der Waals surface area contributed by atoms with Crippen LogP contribution in [0.25, 0.3) is 0 Å². The van der Waals surface area contributed by atoms with E-state index in [4.69, 9.17) is 0 Å². The number of hydrogen-bond donors (Lipinski definition) is 1. The predicted octanol–water partition coefficient (Wildman–Crippen LogP) is 0.0219. The Kier molecular flexibility index (Phi) is 8.50. The van der Waals surface area contributed by atoms with Crippen molar-refractivity contribution in [2.24, 2.45) is 0 Å². The minimum Gasteiger partial charge on any atom is -0.311 e. The molecular formula is C14H43N7Si3. The van der Waals surface area contributed by atoms with Gasteiger partial charge in [0.25, 0.3) is 25.7 Å². The van der Waals surface area contributed by atoms with Gasteiger partial charge in [-0.25, -0.2) is 0 Å². The van der Waals surface area contributed by atoms with Crippen LogP contribution >= 0.6 is 0 Å². The highest BCUT2D eigenvalue weighted by molar-refractivity contribution is 6.93. The first kappa shape index (κ1) is 24.4. The van der Waals surface area contributed by atoms with Crippen molar-refractivity contribution in [2.75, 3.05) is 77.5 Å². The molecule has 146 valence electrons. The van der Waals surface area contributed by atoms with Crippen molar-refractivity contribution in [1.82, 2.24) is 31.7 Å². The molecule has 10 heteroatoms. The topological polar surface area (TPSA) is 31.5 Å². The molecule has 0 amide bonds. The van der Waals surface area contributed by atoms with E-state index in [1.165, 1.54) is 0 Å². The van der Waals surface area contributed by atoms with E-state index in [2.05, 4.69) is 129 Å². The molecule has 0 fully saturated rings. The van der Waals surface area contributed by atoms with Crippen molar-refractivity contribution in [3.63, 3.8) is 0 Å². The smallest absolute Gasteiger partial charge is 0.280 e. The Labute approximate surface area is 154 Å². The molecule has 0 aliphatic heterocycles. The van der Waals surface area contributed by atoms with Gasteiger partial charge in [0, 0.05) is 0 Å². The normalized spacial score (nSPS) is 17.0. The Bertz CT molecular complexity index is 388. The molecule has 0 aromatic rings. The molecule has 7 nitrogen and oxygen atoms in total. The van der Waals surface area contributed by atoms with Crippen LogP contribution in [-0.4, -0.2) is 130 Å². The van der Waals surface area contributed by atoms with Crippen LogP contribution in [0.5, 0.6) is 0 Å². The third-order valence-electron chi connectivity index (χ3n) is 6.07. The van der Waals surface area contributed by atoms with E-state index in [9.17, 15) is 0 Å². The van der Waals surface area contributed by atoms with E-state index in [1.54, 1.807) is 0 Å². The third-order valence-corrected chi connectivity index (χ3v) is 23.6. The van der Waals surface area contributed by atoms with Gasteiger partial charge in [-0.15, -0.1) is 0 Å². The quantitative estimate of drug-likeness (QED) is 0.553. The second kappa shape index (κ2) is 8.37. The molecule has 0 aliphatic carbocycles. The summed E-state index contributed by atoms with van der Waals surface area (Å²) >= 11 is 0. The van der Waals surface area contributed by atoms with Gasteiger partial charge in [-0.05, 0) is 97.2 Å². The number of hydrogen-bond acceptors (Lipinski definition) is 7. The second-order valence-corrected chi connectivity index (χ2v) is 21.5. The summed E-state index contributed by atoms with van der Waals surface area (Å²) in [7, 11) is 18.4. The highest BCUT2D eigenvalue weighted by Crippen LogP contribution is 2.23. The summed E-state index contributed by atoms with van der Waals surface area (Å²) < 4.78 is 18.9. The number of nitrogens with one attached hydrogen (secondary N) is 1. The Morgan fingerprint density at radius 3 is 0.958 bits per heavy atom. The summed E-state index contributed by atoms with van der Waals surface area (Å²) in [5.41, 5.74) is 0. The van der Waals surface area contributed by atoms with Crippen LogP contribution in [-0.2, 0) is 0 Å². The highest BCUT2D eigenvalue weighted by atomic mass is 28.5. The molecule has 0 spiro atoms. The van der Waals surface area contributed by atoms with Crippen LogP contribution in [0.3, 0.4) is 0 Å². The maximum Gasteiger partial charge on any atom is 0.280 e. The van der Waals surface area contributed by atoms with Crippen molar-refractivity contribution < 1.29 is 0 Å². The van der Waals surface area contributed by atoms with E-state index in [-0.39, 0.29) is 0 Å². The summed E-state index contributed by atoms with van der Waals surface area (Å²) in [6, 6.07) is 0. The Morgan fingerprint density at radius 2 is 0.750 bits per heavy atom. The molecule has 0 rings (SSSR count). The van der Waals surface area contributed by atoms with E-state index in [0.717, 1.165) is 0 Å². The van der Waals surface area contributed by atoms with Crippen LogP contribution < -0.4 is 4.65 Å². The first-order valence-corrected chi connectivity index (χ1v) is 15.6. The Hall–Kier alpha value is 0.371. The van der Waals surface area contributed by atoms with Crippen molar-refractivity contribution in [1.29, 1.82) is 0 Å². The lowest BCUT2D eigenvalue weighted by Gasteiger charge is -2.57. The molecule has 0 heterocycles. The zero-order valence-electron chi connectivity index (χ0n) is 18.7. The van der Waals surface area contributed by atoms with Gasteiger partial charge >= 0.3 is 0 Å². The van der Waals surface area contributed by atoms with Gasteiger partial charge in [-0.2, -0.15) is 0 Å². The zero-order chi connectivity index (χ0) is 19.7. The van der Waals surface area contributed by atoms with E-state index < -0.39 is 25.7 Å². The van der Waals surface area contributed by atoms with Gasteiger partial charge in [0.05, 0.1) is 0 Å². The summed E-state index contributed by atoms with van der Waals surface area (Å²) in [4.78, 5) is 0. The molecule has 1 N–H and O–H groups in total. The molecule has 1 atom stereocenters. The highest BCUT2D eigenvalue weighted by Gasteiger charge is 2.54. The summed E-state index contributed by atoms with van der Waals surface area (Å²) in [6.07, 6.45) is 0. The van der Waals surface area contributed by atoms with Gasteiger partial charge < -0.3 is 27.5 Å². The summed E-state index contributed by atoms with van der Waals surface area (Å²) in [5.74, 6) is 0. The number of nitrogens with zero attached hydrogens (tertiary/aromatic N) is 6. The standard InChI is InChI=1S/C14H43N7Si3/c1-16(2)22(12,17(3)4)15-23(13,18(5)6)21(11)24(14,19(7)8)20(9)10/h15H,1-14H3. The first-order chi connectivity index (χ1) is 10.6. The monoisotopic (exact) mass is 393 g/mol. The van der Waals surface area contributed by atoms with Gasteiger partial charge in [0.1, 0.15) is 0 Å². The van der Waals surface area contributed by atoms with Crippen molar-refractivity contribution >= 4 is 25.7 Å². The third kappa shape index (κ3) is 4.37. The minimum absolute atomic E-state index is 1.93. The lowest BCUT2D eigenvalue weighted by Crippen LogP contribution is -2.87. The largest absolute Gasteiger partial charge is 0.311 e. The van der Waals surface area contributed by atoms with Crippen LogP contribution in [0.1, 0.15) is 0 Å². The zero-order valence-corrected chi connectivity index (χ0v) is 21.7. The van der Waals surface area contributed by atoms with Gasteiger partial charge in [-0.1, -0.05) is 0 Å². The molecular weight excluding hydrogens is 350 g/mol. The molecule has 0 bridgehead atoms. The maximum absolute atomic E-state index is 4.18.